The van der Waals surface area contributed by atoms with E-state index in [-0.39, 0.29) is 23.5 Å². The van der Waals surface area contributed by atoms with Crippen molar-refractivity contribution in [3.8, 4) is 0 Å². The molecule has 1 fully saturated rings. The molecule has 2 atom stereocenters. The summed E-state index contributed by atoms with van der Waals surface area (Å²) in [5.74, 6) is 0.341. The van der Waals surface area contributed by atoms with Gasteiger partial charge in [0.1, 0.15) is 0 Å². The number of halogens is 3. The molecule has 0 aliphatic carbocycles. The van der Waals surface area contributed by atoms with Gasteiger partial charge in [0.25, 0.3) is 0 Å². The Morgan fingerprint density at radius 1 is 1.40 bits per heavy atom. The van der Waals surface area contributed by atoms with Gasteiger partial charge >= 0.3 is 6.18 Å². The highest BCUT2D eigenvalue weighted by atomic mass is 32.2. The third-order valence-corrected chi connectivity index (χ3v) is 5.36. The van der Waals surface area contributed by atoms with Gasteiger partial charge < -0.3 is 5.32 Å². The van der Waals surface area contributed by atoms with E-state index in [1.807, 2.05) is 0 Å². The molecule has 1 saturated heterocycles. The number of hydrogen-bond acceptors (Lipinski definition) is 4. The van der Waals surface area contributed by atoms with E-state index in [0.29, 0.717) is 19.6 Å². The Bertz CT molecular complexity index is 398. The predicted molar refractivity (Wildman–Crippen MR) is 72.4 cm³/mol. The zero-order chi connectivity index (χ0) is 15.4. The molecule has 4 nitrogen and oxygen atoms in total. The SMILES string of the molecule is CCS(=O)(=O)CC(C)NCC1CCN(CC(F)(F)F)C1. The van der Waals surface area contributed by atoms with E-state index < -0.39 is 22.6 Å². The molecule has 2 unspecified atom stereocenters. The molecule has 0 bridgehead atoms. The van der Waals surface area contributed by atoms with Crippen molar-refractivity contribution < 1.29 is 21.6 Å². The van der Waals surface area contributed by atoms with Gasteiger partial charge in [-0.05, 0) is 32.4 Å². The van der Waals surface area contributed by atoms with Gasteiger partial charge in [-0.25, -0.2) is 8.42 Å². The van der Waals surface area contributed by atoms with E-state index >= 15 is 0 Å². The third kappa shape index (κ3) is 6.90. The molecular weight excluding hydrogens is 293 g/mol. The first-order valence-electron chi connectivity index (χ1n) is 6.84. The average molecular weight is 316 g/mol. The van der Waals surface area contributed by atoms with Crippen LogP contribution in [0.4, 0.5) is 13.2 Å². The summed E-state index contributed by atoms with van der Waals surface area (Å²) >= 11 is 0. The van der Waals surface area contributed by atoms with E-state index in [0.717, 1.165) is 6.42 Å². The maximum absolute atomic E-state index is 12.2. The van der Waals surface area contributed by atoms with E-state index in [9.17, 15) is 21.6 Å². The zero-order valence-corrected chi connectivity index (χ0v) is 12.7. The molecule has 0 aromatic carbocycles. The molecule has 1 heterocycles. The topological polar surface area (TPSA) is 49.4 Å². The second-order valence-corrected chi connectivity index (χ2v) is 7.91. The molecule has 20 heavy (non-hydrogen) atoms. The molecule has 0 amide bonds. The van der Waals surface area contributed by atoms with E-state index in [1.165, 1.54) is 4.90 Å². The van der Waals surface area contributed by atoms with Crippen LogP contribution in [0, 0.1) is 5.92 Å². The van der Waals surface area contributed by atoms with Crippen LogP contribution < -0.4 is 5.32 Å². The van der Waals surface area contributed by atoms with E-state index in [1.54, 1.807) is 13.8 Å². The summed E-state index contributed by atoms with van der Waals surface area (Å²) in [5.41, 5.74) is 0. The fourth-order valence-corrected chi connectivity index (χ4v) is 3.52. The van der Waals surface area contributed by atoms with Crippen molar-refractivity contribution in [3.05, 3.63) is 0 Å². The van der Waals surface area contributed by atoms with Gasteiger partial charge in [-0.3, -0.25) is 4.90 Å². The van der Waals surface area contributed by atoms with Crippen LogP contribution in [0.2, 0.25) is 0 Å². The van der Waals surface area contributed by atoms with Gasteiger partial charge in [-0.15, -0.1) is 0 Å². The van der Waals surface area contributed by atoms with E-state index in [4.69, 9.17) is 0 Å². The molecule has 1 N–H and O–H groups in total. The van der Waals surface area contributed by atoms with Gasteiger partial charge in [0.15, 0.2) is 9.84 Å². The van der Waals surface area contributed by atoms with Crippen LogP contribution in [0.15, 0.2) is 0 Å². The molecular formula is C12H23F3N2O2S. The summed E-state index contributed by atoms with van der Waals surface area (Å²) in [6, 6.07) is -0.170. The van der Waals surface area contributed by atoms with Crippen molar-refractivity contribution >= 4 is 9.84 Å². The molecule has 0 aromatic rings. The van der Waals surface area contributed by atoms with Crippen molar-refractivity contribution in [3.63, 3.8) is 0 Å². The molecule has 1 aliphatic rings. The maximum atomic E-state index is 12.2. The predicted octanol–water partition coefficient (Wildman–Crippen LogP) is 1.28. The molecule has 0 spiro atoms. The highest BCUT2D eigenvalue weighted by Gasteiger charge is 2.34. The lowest BCUT2D eigenvalue weighted by Gasteiger charge is -2.19. The second-order valence-electron chi connectivity index (χ2n) is 5.51. The Hall–Kier alpha value is -0.340. The molecule has 0 radical (unpaired) electrons. The molecule has 0 saturated carbocycles. The van der Waals surface area contributed by atoms with Crippen LogP contribution >= 0.6 is 0 Å². The average Bonchev–Trinajstić information content (AvgIpc) is 2.71. The summed E-state index contributed by atoms with van der Waals surface area (Å²) < 4.78 is 59.6. The minimum atomic E-state index is -4.15. The number of hydrogen-bond donors (Lipinski definition) is 1. The molecule has 1 rings (SSSR count). The first kappa shape index (κ1) is 17.7. The normalized spacial score (nSPS) is 23.1. The number of sulfone groups is 1. The summed E-state index contributed by atoms with van der Waals surface area (Å²) in [5, 5.41) is 3.11. The van der Waals surface area contributed by atoms with Gasteiger partial charge in [0, 0.05) is 18.3 Å². The summed E-state index contributed by atoms with van der Waals surface area (Å²) in [4.78, 5) is 1.40. The van der Waals surface area contributed by atoms with Gasteiger partial charge in [0.2, 0.25) is 0 Å². The monoisotopic (exact) mass is 316 g/mol. The number of nitrogens with zero attached hydrogens (tertiary/aromatic N) is 1. The zero-order valence-electron chi connectivity index (χ0n) is 11.9. The Balaban J connectivity index is 2.27. The minimum Gasteiger partial charge on any atom is -0.313 e. The Kier molecular flexibility index (Phi) is 6.27. The molecule has 1 aliphatic heterocycles. The van der Waals surface area contributed by atoms with Crippen molar-refractivity contribution in [2.24, 2.45) is 5.92 Å². The first-order chi connectivity index (χ1) is 9.11. The Morgan fingerprint density at radius 3 is 2.60 bits per heavy atom. The van der Waals surface area contributed by atoms with Gasteiger partial charge in [0.05, 0.1) is 12.3 Å². The maximum Gasteiger partial charge on any atom is 0.401 e. The lowest BCUT2D eigenvalue weighted by molar-refractivity contribution is -0.143. The fraction of sp³-hybridized carbons (Fsp3) is 1.00. The fourth-order valence-electron chi connectivity index (χ4n) is 2.40. The Morgan fingerprint density at radius 2 is 2.05 bits per heavy atom. The van der Waals surface area contributed by atoms with Crippen LogP contribution in [0.25, 0.3) is 0 Å². The smallest absolute Gasteiger partial charge is 0.313 e. The van der Waals surface area contributed by atoms with Crippen molar-refractivity contribution in [2.45, 2.75) is 32.5 Å². The summed E-state index contributed by atoms with van der Waals surface area (Å²) in [7, 11) is -3.02. The van der Waals surface area contributed by atoms with Crippen molar-refractivity contribution in [1.82, 2.24) is 10.2 Å². The quantitative estimate of drug-likeness (QED) is 0.769. The second kappa shape index (κ2) is 7.09. The largest absolute Gasteiger partial charge is 0.401 e. The standard InChI is InChI=1S/C12H23F3N2O2S/c1-3-20(18,19)8-10(2)16-6-11-4-5-17(7-11)9-12(13,14)15/h10-11,16H,3-9H2,1-2H3. The van der Waals surface area contributed by atoms with Crippen molar-refractivity contribution in [1.29, 1.82) is 0 Å². The third-order valence-electron chi connectivity index (χ3n) is 3.47. The number of nitrogens with one attached hydrogen (secondary N) is 1. The highest BCUT2D eigenvalue weighted by Crippen LogP contribution is 2.22. The Labute approximate surface area is 118 Å². The molecule has 0 aromatic heterocycles. The van der Waals surface area contributed by atoms with E-state index in [2.05, 4.69) is 5.32 Å². The van der Waals surface area contributed by atoms with Crippen LogP contribution in [-0.4, -0.2) is 63.2 Å². The highest BCUT2D eigenvalue weighted by molar-refractivity contribution is 7.91. The summed E-state index contributed by atoms with van der Waals surface area (Å²) in [6.07, 6.45) is -3.43. The van der Waals surface area contributed by atoms with Gasteiger partial charge in [-0.1, -0.05) is 6.92 Å². The number of rotatable bonds is 7. The van der Waals surface area contributed by atoms with Crippen molar-refractivity contribution in [2.75, 3.05) is 37.7 Å². The lowest BCUT2D eigenvalue weighted by Crippen LogP contribution is -2.38. The lowest BCUT2D eigenvalue weighted by atomic mass is 10.1. The van der Waals surface area contributed by atoms with Crippen LogP contribution in [0.5, 0.6) is 0 Å². The minimum absolute atomic E-state index is 0.0719. The molecule has 8 heteroatoms. The number of alkyl halides is 3. The summed E-state index contributed by atoms with van der Waals surface area (Å²) in [6.45, 7) is 3.97. The van der Waals surface area contributed by atoms with Gasteiger partial charge in [-0.2, -0.15) is 13.2 Å². The van der Waals surface area contributed by atoms with Crippen LogP contribution in [0.1, 0.15) is 20.3 Å². The van der Waals surface area contributed by atoms with Crippen LogP contribution in [-0.2, 0) is 9.84 Å². The van der Waals surface area contributed by atoms with Crippen LogP contribution in [0.3, 0.4) is 0 Å². The number of likely N-dealkylation sites (tertiary alicyclic amines) is 1. The first-order valence-corrected chi connectivity index (χ1v) is 8.66. The molecule has 120 valence electrons.